The summed E-state index contributed by atoms with van der Waals surface area (Å²) in [7, 11) is 0. The molecular weight excluding hydrogens is 511 g/mol. The fourth-order valence-corrected chi connectivity index (χ4v) is 5.07. The highest BCUT2D eigenvalue weighted by Gasteiger charge is 2.10. The number of rotatable bonds is 20. The van der Waals surface area contributed by atoms with Crippen molar-refractivity contribution in [3.05, 3.63) is 70.9 Å². The van der Waals surface area contributed by atoms with E-state index in [4.69, 9.17) is 9.47 Å². The van der Waals surface area contributed by atoms with Crippen molar-refractivity contribution < 1.29 is 23.2 Å². The molecule has 5 nitrogen and oxygen atoms in total. The number of aromatic nitrogens is 1. The van der Waals surface area contributed by atoms with E-state index in [0.717, 1.165) is 24.9 Å². The molecule has 0 fully saturated rings. The van der Waals surface area contributed by atoms with E-state index < -0.39 is 5.82 Å². The maximum absolute atomic E-state index is 14.5. The Kier molecular flexibility index (Phi) is 14.4. The van der Waals surface area contributed by atoms with Crippen molar-refractivity contribution in [2.75, 3.05) is 18.5 Å². The number of benzene rings is 2. The largest absolute Gasteiger partial charge is 0.491 e. The summed E-state index contributed by atoms with van der Waals surface area (Å²) in [6.45, 7) is 3.28. The lowest BCUT2D eigenvalue weighted by Gasteiger charge is -2.11. The number of nitrogens with zero attached hydrogens (tertiary/aromatic N) is 1. The average Bonchev–Trinajstić information content (AvgIpc) is 3.44. The van der Waals surface area contributed by atoms with Gasteiger partial charge in [0, 0.05) is 17.3 Å². The number of carbonyl (C=O) groups excluding carboxylic acids is 1. The lowest BCUT2D eigenvalue weighted by Crippen LogP contribution is -2.30. The molecule has 0 spiro atoms. The highest BCUT2D eigenvalue weighted by molar-refractivity contribution is 7.07. The molecule has 7 heteroatoms. The molecule has 0 aliphatic rings. The van der Waals surface area contributed by atoms with Gasteiger partial charge in [0.2, 0.25) is 5.51 Å². The molecular formula is C32H44FN2O3S+. The Morgan fingerprint density at radius 3 is 2.28 bits per heavy atom. The lowest BCUT2D eigenvalue weighted by atomic mass is 10.1. The summed E-state index contributed by atoms with van der Waals surface area (Å²) in [6.07, 6.45) is 17.3. The number of amides is 1. The van der Waals surface area contributed by atoms with Gasteiger partial charge in [0.05, 0.1) is 12.0 Å². The van der Waals surface area contributed by atoms with Crippen molar-refractivity contribution >= 4 is 22.9 Å². The first-order valence-electron chi connectivity index (χ1n) is 14.5. The third kappa shape index (κ3) is 12.6. The van der Waals surface area contributed by atoms with Gasteiger partial charge in [0.1, 0.15) is 5.75 Å². The van der Waals surface area contributed by atoms with Gasteiger partial charge in [-0.15, -0.1) is 0 Å². The summed E-state index contributed by atoms with van der Waals surface area (Å²) in [6, 6.07) is 12.2. The zero-order valence-electron chi connectivity index (χ0n) is 23.3. The Hall–Kier alpha value is -2.93. The fraction of sp³-hybridized carbons (Fsp3) is 0.500. The molecule has 1 aromatic heterocycles. The summed E-state index contributed by atoms with van der Waals surface area (Å²) in [5.74, 6) is -0.272. The Labute approximate surface area is 237 Å². The van der Waals surface area contributed by atoms with Gasteiger partial charge >= 0.3 is 0 Å². The molecule has 1 amide bonds. The van der Waals surface area contributed by atoms with Crippen LogP contribution < -0.4 is 19.4 Å². The molecule has 0 saturated heterocycles. The Morgan fingerprint density at radius 2 is 1.62 bits per heavy atom. The normalized spacial score (nSPS) is 10.9. The first-order chi connectivity index (χ1) is 19.1. The summed E-state index contributed by atoms with van der Waals surface area (Å²) in [5, 5.41) is 4.86. The molecule has 1 N–H and O–H groups in total. The first kappa shape index (κ1) is 30.6. The minimum Gasteiger partial charge on any atom is -0.491 e. The van der Waals surface area contributed by atoms with E-state index in [1.165, 1.54) is 70.3 Å². The van der Waals surface area contributed by atoms with Gasteiger partial charge in [-0.3, -0.25) is 4.79 Å². The predicted molar refractivity (Wildman–Crippen MR) is 157 cm³/mol. The molecule has 39 heavy (non-hydrogen) atoms. The molecule has 0 aliphatic carbocycles. The van der Waals surface area contributed by atoms with Crippen LogP contribution in [-0.4, -0.2) is 19.1 Å². The summed E-state index contributed by atoms with van der Waals surface area (Å²) >= 11 is 1.63. The van der Waals surface area contributed by atoms with Gasteiger partial charge in [0.25, 0.3) is 5.91 Å². The number of hydrogen-bond donors (Lipinski definition) is 1. The standard InChI is InChI=1S/C32H43FN2O3S/c1-2-3-4-5-6-7-8-9-10-11-12-13-20-37-31-18-17-29(23-30(31)33)38-25-32(36)34-28-16-14-15-27(22-28)24-35-19-21-39-26-35/h14-19,21-23,26H,2-13,20,24-25H2,1H3/p+1. The Morgan fingerprint density at radius 1 is 0.897 bits per heavy atom. The molecule has 0 radical (unpaired) electrons. The van der Waals surface area contributed by atoms with Crippen LogP contribution in [0.25, 0.3) is 0 Å². The summed E-state index contributed by atoms with van der Waals surface area (Å²) < 4.78 is 27.7. The van der Waals surface area contributed by atoms with Crippen LogP contribution in [0.3, 0.4) is 0 Å². The van der Waals surface area contributed by atoms with Crippen LogP contribution in [0.5, 0.6) is 11.5 Å². The van der Waals surface area contributed by atoms with Crippen molar-refractivity contribution in [3.8, 4) is 11.5 Å². The molecule has 0 atom stereocenters. The first-order valence-corrected chi connectivity index (χ1v) is 15.4. The second-order valence-corrected chi connectivity index (χ2v) is 10.8. The van der Waals surface area contributed by atoms with Crippen LogP contribution in [-0.2, 0) is 11.3 Å². The monoisotopic (exact) mass is 555 g/mol. The van der Waals surface area contributed by atoms with Gasteiger partial charge in [-0.1, -0.05) is 101 Å². The number of hydrogen-bond acceptors (Lipinski definition) is 4. The van der Waals surface area contributed by atoms with E-state index in [-0.39, 0.29) is 18.3 Å². The zero-order valence-corrected chi connectivity index (χ0v) is 24.2. The number of nitrogens with one attached hydrogen (secondary N) is 1. The lowest BCUT2D eigenvalue weighted by molar-refractivity contribution is -0.683. The van der Waals surface area contributed by atoms with Crippen LogP contribution in [0, 0.1) is 5.82 Å². The zero-order chi connectivity index (χ0) is 27.5. The number of ether oxygens (including phenoxy) is 2. The highest BCUT2D eigenvalue weighted by atomic mass is 32.1. The molecule has 2 aromatic carbocycles. The number of halogens is 1. The van der Waals surface area contributed by atoms with E-state index in [9.17, 15) is 9.18 Å². The predicted octanol–water partition coefficient (Wildman–Crippen LogP) is 8.32. The molecule has 1 heterocycles. The van der Waals surface area contributed by atoms with Gasteiger partial charge in [-0.2, -0.15) is 4.57 Å². The SMILES string of the molecule is CCCCCCCCCCCCCCOc1ccc(OCC(=O)Nc2cccc(C[n+]3ccsc3)c2)cc1F. The van der Waals surface area contributed by atoms with E-state index in [2.05, 4.69) is 16.8 Å². The third-order valence-electron chi connectivity index (χ3n) is 6.63. The number of thiazole rings is 1. The van der Waals surface area contributed by atoms with E-state index in [0.29, 0.717) is 18.0 Å². The molecule has 0 saturated carbocycles. The molecule has 212 valence electrons. The van der Waals surface area contributed by atoms with Crippen molar-refractivity contribution in [1.82, 2.24) is 0 Å². The average molecular weight is 556 g/mol. The number of anilines is 1. The molecule has 0 unspecified atom stereocenters. The second kappa shape index (κ2) is 18.4. The summed E-state index contributed by atoms with van der Waals surface area (Å²) in [5.41, 5.74) is 3.82. The third-order valence-corrected chi connectivity index (χ3v) is 7.30. The Bertz CT molecular complexity index is 1090. The maximum atomic E-state index is 14.5. The molecule has 3 rings (SSSR count). The van der Waals surface area contributed by atoms with Crippen molar-refractivity contribution in [3.63, 3.8) is 0 Å². The van der Waals surface area contributed by atoms with E-state index >= 15 is 0 Å². The number of unbranched alkanes of at least 4 members (excludes halogenated alkanes) is 11. The van der Waals surface area contributed by atoms with Crippen LogP contribution >= 0.6 is 11.3 Å². The van der Waals surface area contributed by atoms with Gasteiger partial charge < -0.3 is 14.8 Å². The fourth-order valence-electron chi connectivity index (χ4n) is 4.47. The molecule has 0 bridgehead atoms. The van der Waals surface area contributed by atoms with Gasteiger partial charge in [-0.25, -0.2) is 4.39 Å². The van der Waals surface area contributed by atoms with Crippen molar-refractivity contribution in [2.24, 2.45) is 0 Å². The number of carbonyl (C=O) groups is 1. The van der Waals surface area contributed by atoms with Crippen molar-refractivity contribution in [1.29, 1.82) is 0 Å². The highest BCUT2D eigenvalue weighted by Crippen LogP contribution is 2.23. The Balaban J connectivity index is 1.26. The smallest absolute Gasteiger partial charge is 0.262 e. The van der Waals surface area contributed by atoms with E-state index in [1.807, 2.05) is 41.4 Å². The van der Waals surface area contributed by atoms with Crippen LogP contribution in [0.1, 0.15) is 89.5 Å². The minimum absolute atomic E-state index is 0.206. The minimum atomic E-state index is -0.481. The van der Waals surface area contributed by atoms with Crippen LogP contribution in [0.15, 0.2) is 59.6 Å². The van der Waals surface area contributed by atoms with Crippen LogP contribution in [0.2, 0.25) is 0 Å². The van der Waals surface area contributed by atoms with Crippen molar-refractivity contribution in [2.45, 2.75) is 90.5 Å². The quantitative estimate of drug-likeness (QED) is 0.113. The van der Waals surface area contributed by atoms with Crippen LogP contribution in [0.4, 0.5) is 10.1 Å². The maximum Gasteiger partial charge on any atom is 0.262 e. The van der Waals surface area contributed by atoms with Gasteiger partial charge in [-0.05, 0) is 30.7 Å². The topological polar surface area (TPSA) is 51.4 Å². The van der Waals surface area contributed by atoms with E-state index in [1.54, 1.807) is 23.5 Å². The summed E-state index contributed by atoms with van der Waals surface area (Å²) in [4.78, 5) is 12.4. The van der Waals surface area contributed by atoms with Gasteiger partial charge in [0.15, 0.2) is 30.9 Å². The molecule has 3 aromatic rings. The second-order valence-electron chi connectivity index (χ2n) is 10.1. The molecule has 0 aliphatic heterocycles.